The summed E-state index contributed by atoms with van der Waals surface area (Å²) in [5, 5.41) is 7.20. The van der Waals surface area contributed by atoms with Crippen LogP contribution >= 0.6 is 15.9 Å². The molecular weight excluding hydrogens is 306 g/mol. The zero-order chi connectivity index (χ0) is 13.2. The van der Waals surface area contributed by atoms with Crippen LogP contribution in [0.2, 0.25) is 0 Å². The van der Waals surface area contributed by atoms with Gasteiger partial charge in [-0.3, -0.25) is 9.78 Å². The highest BCUT2D eigenvalue weighted by Crippen LogP contribution is 2.24. The Morgan fingerprint density at radius 3 is 3.16 bits per heavy atom. The van der Waals surface area contributed by atoms with Crippen molar-refractivity contribution in [3.63, 3.8) is 0 Å². The number of halogens is 1. The van der Waals surface area contributed by atoms with Crippen LogP contribution in [0.3, 0.4) is 0 Å². The van der Waals surface area contributed by atoms with Gasteiger partial charge in [-0.15, -0.1) is 0 Å². The van der Waals surface area contributed by atoms with Crippen LogP contribution < -0.4 is 10.6 Å². The first kappa shape index (κ1) is 12.6. The number of carbonyl (C=O) groups is 1. The van der Waals surface area contributed by atoms with Gasteiger partial charge in [-0.2, -0.15) is 0 Å². The maximum atomic E-state index is 12.1. The van der Waals surface area contributed by atoms with Crippen LogP contribution in [0.4, 0.5) is 5.69 Å². The molecule has 0 saturated carbocycles. The predicted molar refractivity (Wildman–Crippen MR) is 79.0 cm³/mol. The quantitative estimate of drug-likeness (QED) is 0.894. The summed E-state index contributed by atoms with van der Waals surface area (Å²) >= 11 is 3.40. The Morgan fingerprint density at radius 1 is 1.47 bits per heavy atom. The molecule has 19 heavy (non-hydrogen) atoms. The molecule has 1 atom stereocenters. The Morgan fingerprint density at radius 2 is 2.37 bits per heavy atom. The Bertz CT molecular complexity index is 623. The van der Waals surface area contributed by atoms with Crippen molar-refractivity contribution in [2.75, 3.05) is 18.4 Å². The second kappa shape index (κ2) is 5.27. The van der Waals surface area contributed by atoms with Crippen molar-refractivity contribution < 1.29 is 4.79 Å². The van der Waals surface area contributed by atoms with Gasteiger partial charge in [-0.25, -0.2) is 0 Å². The van der Waals surface area contributed by atoms with Crippen molar-refractivity contribution in [2.45, 2.75) is 6.42 Å². The lowest BCUT2D eigenvalue weighted by Gasteiger charge is -2.11. The van der Waals surface area contributed by atoms with Crippen LogP contribution in [0.5, 0.6) is 0 Å². The third kappa shape index (κ3) is 2.62. The normalized spacial score (nSPS) is 18.7. The number of carbonyl (C=O) groups excluding carboxylic acids is 1. The number of fused-ring (bicyclic) bond motifs is 1. The average Bonchev–Trinajstić information content (AvgIpc) is 2.92. The fraction of sp³-hybridized carbons (Fsp3) is 0.286. The van der Waals surface area contributed by atoms with Gasteiger partial charge in [-0.1, -0.05) is 12.1 Å². The smallest absolute Gasteiger partial charge is 0.228 e. The van der Waals surface area contributed by atoms with E-state index < -0.39 is 0 Å². The molecule has 1 saturated heterocycles. The summed E-state index contributed by atoms with van der Waals surface area (Å²) in [6, 6.07) is 7.80. The van der Waals surface area contributed by atoms with Crippen molar-refractivity contribution in [1.82, 2.24) is 10.3 Å². The van der Waals surface area contributed by atoms with Gasteiger partial charge < -0.3 is 10.6 Å². The number of anilines is 1. The predicted octanol–water partition coefficient (Wildman–Crippen LogP) is 2.55. The lowest BCUT2D eigenvalue weighted by Crippen LogP contribution is -2.24. The molecule has 1 amide bonds. The Hall–Kier alpha value is -1.46. The highest BCUT2D eigenvalue weighted by Gasteiger charge is 2.22. The van der Waals surface area contributed by atoms with Gasteiger partial charge in [0.2, 0.25) is 5.91 Å². The molecule has 1 aliphatic heterocycles. The Balaban J connectivity index is 1.90. The number of benzene rings is 1. The van der Waals surface area contributed by atoms with Crippen LogP contribution in [-0.4, -0.2) is 24.0 Å². The molecule has 2 heterocycles. The molecule has 4 nitrogen and oxygen atoms in total. The summed E-state index contributed by atoms with van der Waals surface area (Å²) in [5.41, 5.74) is 1.60. The van der Waals surface area contributed by atoms with Gasteiger partial charge >= 0.3 is 0 Å². The van der Waals surface area contributed by atoms with Gasteiger partial charge in [0.15, 0.2) is 0 Å². The minimum atomic E-state index is 0.0608. The van der Waals surface area contributed by atoms with E-state index in [1.165, 1.54) is 0 Å². The molecule has 0 bridgehead atoms. The topological polar surface area (TPSA) is 54.0 Å². The van der Waals surface area contributed by atoms with Gasteiger partial charge in [0.05, 0.1) is 17.1 Å². The number of hydrogen-bond acceptors (Lipinski definition) is 3. The molecule has 2 aromatic rings. The number of rotatable bonds is 2. The van der Waals surface area contributed by atoms with Gasteiger partial charge in [0, 0.05) is 22.6 Å². The first-order valence-corrected chi connectivity index (χ1v) is 7.09. The third-order valence-corrected chi connectivity index (χ3v) is 3.80. The molecular formula is C14H14BrN3O. The summed E-state index contributed by atoms with van der Waals surface area (Å²) in [6.45, 7) is 1.67. The standard InChI is InChI=1S/C14H14BrN3O/c15-11-6-9-2-1-3-12(13(9)17-8-11)18-14(19)10-4-5-16-7-10/h1-3,6,8,10,16H,4-5,7H2,(H,18,19). The fourth-order valence-corrected chi connectivity index (χ4v) is 2.70. The monoisotopic (exact) mass is 319 g/mol. The summed E-state index contributed by atoms with van der Waals surface area (Å²) in [7, 11) is 0. The molecule has 1 unspecified atom stereocenters. The number of hydrogen-bond donors (Lipinski definition) is 2. The molecule has 1 aromatic carbocycles. The zero-order valence-corrected chi connectivity index (χ0v) is 11.9. The second-order valence-corrected chi connectivity index (χ2v) is 5.63. The van der Waals surface area contributed by atoms with E-state index in [4.69, 9.17) is 0 Å². The van der Waals surface area contributed by atoms with Gasteiger partial charge in [0.1, 0.15) is 0 Å². The highest BCUT2D eigenvalue weighted by atomic mass is 79.9. The lowest BCUT2D eigenvalue weighted by molar-refractivity contribution is -0.119. The fourth-order valence-electron chi connectivity index (χ4n) is 2.35. The molecule has 0 spiro atoms. The number of aromatic nitrogens is 1. The van der Waals surface area contributed by atoms with Crippen LogP contribution in [0, 0.1) is 5.92 Å². The van der Waals surface area contributed by atoms with E-state index in [1.54, 1.807) is 6.20 Å². The first-order valence-electron chi connectivity index (χ1n) is 6.30. The zero-order valence-electron chi connectivity index (χ0n) is 10.3. The first-order chi connectivity index (χ1) is 9.24. The van der Waals surface area contributed by atoms with Crippen LogP contribution in [0.25, 0.3) is 10.9 Å². The summed E-state index contributed by atoms with van der Waals surface area (Å²) in [6.07, 6.45) is 2.64. The van der Waals surface area contributed by atoms with E-state index in [0.717, 1.165) is 40.6 Å². The summed E-state index contributed by atoms with van der Waals surface area (Å²) in [5.74, 6) is 0.132. The molecule has 0 radical (unpaired) electrons. The van der Waals surface area contributed by atoms with Crippen LogP contribution in [-0.2, 0) is 4.79 Å². The summed E-state index contributed by atoms with van der Waals surface area (Å²) < 4.78 is 0.934. The summed E-state index contributed by atoms with van der Waals surface area (Å²) in [4.78, 5) is 16.5. The molecule has 2 N–H and O–H groups in total. The second-order valence-electron chi connectivity index (χ2n) is 4.71. The maximum Gasteiger partial charge on any atom is 0.228 e. The van der Waals surface area contributed by atoms with E-state index >= 15 is 0 Å². The number of nitrogens with one attached hydrogen (secondary N) is 2. The van der Waals surface area contributed by atoms with Gasteiger partial charge in [0.25, 0.3) is 0 Å². The SMILES string of the molecule is O=C(Nc1cccc2cc(Br)cnc12)C1CCNC1. The van der Waals surface area contributed by atoms with E-state index in [1.807, 2.05) is 24.3 Å². The minimum Gasteiger partial charge on any atom is -0.324 e. The van der Waals surface area contributed by atoms with Crippen molar-refractivity contribution in [2.24, 2.45) is 5.92 Å². The largest absolute Gasteiger partial charge is 0.324 e. The molecule has 1 fully saturated rings. The highest BCUT2D eigenvalue weighted by molar-refractivity contribution is 9.10. The molecule has 5 heteroatoms. The van der Waals surface area contributed by atoms with E-state index in [-0.39, 0.29) is 11.8 Å². The van der Waals surface area contributed by atoms with Crippen molar-refractivity contribution >= 4 is 38.4 Å². The Labute approximate surface area is 119 Å². The number of amides is 1. The number of pyridine rings is 1. The Kier molecular flexibility index (Phi) is 3.48. The molecule has 0 aliphatic carbocycles. The van der Waals surface area contributed by atoms with Crippen LogP contribution in [0.1, 0.15) is 6.42 Å². The van der Waals surface area contributed by atoms with Crippen molar-refractivity contribution in [3.05, 3.63) is 34.9 Å². The molecule has 3 rings (SSSR count). The van der Waals surface area contributed by atoms with E-state index in [0.29, 0.717) is 0 Å². The van der Waals surface area contributed by atoms with Gasteiger partial charge in [-0.05, 0) is 41.0 Å². The van der Waals surface area contributed by atoms with E-state index in [9.17, 15) is 4.79 Å². The van der Waals surface area contributed by atoms with Crippen LogP contribution in [0.15, 0.2) is 34.9 Å². The van der Waals surface area contributed by atoms with Crippen molar-refractivity contribution in [3.8, 4) is 0 Å². The maximum absolute atomic E-state index is 12.1. The average molecular weight is 320 g/mol. The molecule has 98 valence electrons. The molecule has 1 aliphatic rings. The minimum absolute atomic E-state index is 0.0608. The number of para-hydroxylation sites is 1. The lowest BCUT2D eigenvalue weighted by atomic mass is 10.1. The van der Waals surface area contributed by atoms with E-state index in [2.05, 4.69) is 31.5 Å². The molecule has 1 aromatic heterocycles. The third-order valence-electron chi connectivity index (χ3n) is 3.37. The van der Waals surface area contributed by atoms with Crippen molar-refractivity contribution in [1.29, 1.82) is 0 Å². The number of nitrogens with zero attached hydrogens (tertiary/aromatic N) is 1.